The molecule has 35 heavy (non-hydrogen) atoms. The van der Waals surface area contributed by atoms with Crippen LogP contribution in [0.5, 0.6) is 23.0 Å². The standard InChI is InChI=1S/C25H28N4O6/c1-16(18-8-10-20-22(12-18)34-14-32-20)26-28-24(30)6-4-3-5-7-25(31)29-27-17(2)19-9-11-21-23(13-19)35-15-33-21/h8-13H,3-7,14-15H2,1-2H3,(H,28,30)(H,29,31). The molecule has 2 aromatic rings. The van der Waals surface area contributed by atoms with Crippen LogP contribution in [0.2, 0.25) is 0 Å². The minimum absolute atomic E-state index is 0.168. The maximum atomic E-state index is 12.1. The van der Waals surface area contributed by atoms with E-state index in [-0.39, 0.29) is 25.4 Å². The van der Waals surface area contributed by atoms with Crippen LogP contribution in [0.25, 0.3) is 0 Å². The molecular weight excluding hydrogens is 452 g/mol. The van der Waals surface area contributed by atoms with Gasteiger partial charge in [-0.1, -0.05) is 6.42 Å². The Hall–Kier alpha value is -4.08. The number of carbonyl (C=O) groups excluding carboxylic acids is 2. The van der Waals surface area contributed by atoms with E-state index in [9.17, 15) is 9.59 Å². The Morgan fingerprint density at radius 3 is 1.57 bits per heavy atom. The summed E-state index contributed by atoms with van der Waals surface area (Å²) in [5, 5.41) is 8.32. The van der Waals surface area contributed by atoms with Gasteiger partial charge in [0.2, 0.25) is 25.4 Å². The first-order chi connectivity index (χ1) is 17.0. The monoisotopic (exact) mass is 480 g/mol. The first-order valence-electron chi connectivity index (χ1n) is 11.5. The van der Waals surface area contributed by atoms with Gasteiger partial charge in [-0.15, -0.1) is 0 Å². The summed E-state index contributed by atoms with van der Waals surface area (Å²) in [5.41, 5.74) is 8.18. The Bertz CT molecular complexity index is 1070. The third-order valence-electron chi connectivity index (χ3n) is 5.58. The quantitative estimate of drug-likeness (QED) is 0.305. The number of nitrogens with zero attached hydrogens (tertiary/aromatic N) is 2. The van der Waals surface area contributed by atoms with E-state index in [0.717, 1.165) is 17.5 Å². The fourth-order valence-electron chi connectivity index (χ4n) is 3.52. The van der Waals surface area contributed by atoms with Crippen LogP contribution in [0.1, 0.15) is 57.1 Å². The number of hydrogen-bond donors (Lipinski definition) is 2. The molecule has 184 valence electrons. The number of amides is 2. The summed E-state index contributed by atoms with van der Waals surface area (Å²) in [7, 11) is 0. The molecule has 0 aromatic heterocycles. The molecule has 10 nitrogen and oxygen atoms in total. The van der Waals surface area contributed by atoms with E-state index in [4.69, 9.17) is 18.9 Å². The smallest absolute Gasteiger partial charge is 0.240 e. The van der Waals surface area contributed by atoms with Gasteiger partial charge < -0.3 is 18.9 Å². The van der Waals surface area contributed by atoms with Crippen LogP contribution >= 0.6 is 0 Å². The summed E-state index contributed by atoms with van der Waals surface area (Å²) in [6, 6.07) is 11.0. The summed E-state index contributed by atoms with van der Waals surface area (Å²) in [6.45, 7) is 4.04. The number of rotatable bonds is 10. The van der Waals surface area contributed by atoms with E-state index in [1.165, 1.54) is 0 Å². The summed E-state index contributed by atoms with van der Waals surface area (Å²) in [5.74, 6) is 2.40. The molecule has 2 heterocycles. The molecule has 10 heteroatoms. The number of ether oxygens (including phenoxy) is 4. The van der Waals surface area contributed by atoms with Crippen molar-refractivity contribution in [3.05, 3.63) is 47.5 Å². The number of hydrazone groups is 2. The van der Waals surface area contributed by atoms with Gasteiger partial charge in [0, 0.05) is 24.0 Å². The van der Waals surface area contributed by atoms with E-state index in [1.54, 1.807) is 0 Å². The number of unbranched alkanes of at least 4 members (excludes halogenated alkanes) is 2. The lowest BCUT2D eigenvalue weighted by molar-refractivity contribution is -0.121. The third-order valence-corrected chi connectivity index (χ3v) is 5.58. The predicted molar refractivity (Wildman–Crippen MR) is 129 cm³/mol. The van der Waals surface area contributed by atoms with Gasteiger partial charge in [-0.05, 0) is 63.1 Å². The van der Waals surface area contributed by atoms with E-state index >= 15 is 0 Å². The molecule has 0 spiro atoms. The van der Waals surface area contributed by atoms with Gasteiger partial charge in [0.05, 0.1) is 11.4 Å². The molecule has 0 radical (unpaired) electrons. The van der Waals surface area contributed by atoms with Crippen LogP contribution in [0.4, 0.5) is 0 Å². The van der Waals surface area contributed by atoms with Gasteiger partial charge in [-0.2, -0.15) is 10.2 Å². The second-order valence-corrected chi connectivity index (χ2v) is 8.16. The van der Waals surface area contributed by atoms with Crippen molar-refractivity contribution in [3.63, 3.8) is 0 Å². The van der Waals surface area contributed by atoms with Crippen molar-refractivity contribution in [1.82, 2.24) is 10.9 Å². The van der Waals surface area contributed by atoms with Crippen LogP contribution < -0.4 is 29.8 Å². The Kier molecular flexibility index (Phi) is 7.81. The Morgan fingerprint density at radius 2 is 1.11 bits per heavy atom. The van der Waals surface area contributed by atoms with Crippen LogP contribution in [-0.4, -0.2) is 36.8 Å². The second-order valence-electron chi connectivity index (χ2n) is 8.16. The molecule has 2 aliphatic rings. The summed E-state index contributed by atoms with van der Waals surface area (Å²) >= 11 is 0. The maximum absolute atomic E-state index is 12.1. The van der Waals surface area contributed by atoms with Crippen molar-refractivity contribution in [2.75, 3.05) is 13.6 Å². The normalized spacial score (nSPS) is 14.1. The van der Waals surface area contributed by atoms with Crippen molar-refractivity contribution in [1.29, 1.82) is 0 Å². The van der Waals surface area contributed by atoms with Gasteiger partial charge >= 0.3 is 0 Å². The Morgan fingerprint density at radius 1 is 0.686 bits per heavy atom. The predicted octanol–water partition coefficient (Wildman–Crippen LogP) is 3.48. The largest absolute Gasteiger partial charge is 0.454 e. The molecule has 0 saturated carbocycles. The minimum Gasteiger partial charge on any atom is -0.454 e. The summed E-state index contributed by atoms with van der Waals surface area (Å²) in [6.07, 6.45) is 2.74. The number of benzene rings is 2. The van der Waals surface area contributed by atoms with Gasteiger partial charge in [0.15, 0.2) is 23.0 Å². The molecular formula is C25H28N4O6. The molecule has 0 atom stereocenters. The van der Waals surface area contributed by atoms with E-state index in [1.807, 2.05) is 50.2 Å². The van der Waals surface area contributed by atoms with Gasteiger partial charge in [0.1, 0.15) is 0 Å². The van der Waals surface area contributed by atoms with E-state index in [0.29, 0.717) is 60.1 Å². The zero-order chi connectivity index (χ0) is 24.6. The van der Waals surface area contributed by atoms with Crippen molar-refractivity contribution < 1.29 is 28.5 Å². The molecule has 2 aromatic carbocycles. The first-order valence-corrected chi connectivity index (χ1v) is 11.5. The molecule has 2 N–H and O–H groups in total. The summed E-state index contributed by atoms with van der Waals surface area (Å²) in [4.78, 5) is 24.1. The van der Waals surface area contributed by atoms with E-state index < -0.39 is 0 Å². The molecule has 0 fully saturated rings. The fraction of sp³-hybridized carbons (Fsp3) is 0.360. The second kappa shape index (κ2) is 11.4. The highest BCUT2D eigenvalue weighted by atomic mass is 16.7. The molecule has 0 saturated heterocycles. The zero-order valence-corrected chi connectivity index (χ0v) is 19.8. The average molecular weight is 481 g/mol. The molecule has 0 unspecified atom stereocenters. The van der Waals surface area contributed by atoms with Gasteiger partial charge in [0.25, 0.3) is 0 Å². The van der Waals surface area contributed by atoms with Crippen molar-refractivity contribution in [2.45, 2.75) is 46.0 Å². The van der Waals surface area contributed by atoms with Crippen LogP contribution in [0.15, 0.2) is 46.6 Å². The van der Waals surface area contributed by atoms with Gasteiger partial charge in [-0.25, -0.2) is 10.9 Å². The first kappa shape index (κ1) is 24.1. The molecule has 0 bridgehead atoms. The highest BCUT2D eigenvalue weighted by Gasteiger charge is 2.15. The zero-order valence-electron chi connectivity index (χ0n) is 19.8. The third kappa shape index (κ3) is 6.50. The lowest BCUT2D eigenvalue weighted by atomic mass is 10.1. The number of carbonyl (C=O) groups is 2. The van der Waals surface area contributed by atoms with Crippen molar-refractivity contribution >= 4 is 23.2 Å². The Labute approximate surface area is 203 Å². The SMILES string of the molecule is CC(=NNC(=O)CCCCCC(=O)NN=C(C)c1ccc2c(c1)OCO2)c1ccc2c(c1)OCO2. The number of nitrogens with one attached hydrogen (secondary N) is 2. The highest BCUT2D eigenvalue weighted by molar-refractivity contribution is 6.00. The number of fused-ring (bicyclic) bond motifs is 2. The number of hydrogen-bond acceptors (Lipinski definition) is 8. The van der Waals surface area contributed by atoms with Crippen LogP contribution in [-0.2, 0) is 9.59 Å². The molecule has 4 rings (SSSR count). The fourth-order valence-corrected chi connectivity index (χ4v) is 3.52. The molecule has 2 amide bonds. The highest BCUT2D eigenvalue weighted by Crippen LogP contribution is 2.33. The average Bonchev–Trinajstić information content (AvgIpc) is 3.53. The maximum Gasteiger partial charge on any atom is 0.240 e. The van der Waals surface area contributed by atoms with Gasteiger partial charge in [-0.3, -0.25) is 9.59 Å². The Balaban J connectivity index is 1.11. The lowest BCUT2D eigenvalue weighted by Gasteiger charge is -2.05. The van der Waals surface area contributed by atoms with Crippen LogP contribution in [0.3, 0.4) is 0 Å². The topological polar surface area (TPSA) is 120 Å². The molecule has 0 aliphatic carbocycles. The van der Waals surface area contributed by atoms with Crippen molar-refractivity contribution in [3.8, 4) is 23.0 Å². The minimum atomic E-state index is -0.168. The van der Waals surface area contributed by atoms with E-state index in [2.05, 4.69) is 21.1 Å². The lowest BCUT2D eigenvalue weighted by Crippen LogP contribution is -2.19. The van der Waals surface area contributed by atoms with Crippen molar-refractivity contribution in [2.24, 2.45) is 10.2 Å². The van der Waals surface area contributed by atoms with Crippen LogP contribution in [0, 0.1) is 0 Å². The summed E-state index contributed by atoms with van der Waals surface area (Å²) < 4.78 is 21.3. The molecule has 2 aliphatic heterocycles.